The highest BCUT2D eigenvalue weighted by Crippen LogP contribution is 2.66. The Kier molecular flexibility index (Phi) is 9.73. The van der Waals surface area contributed by atoms with Crippen molar-refractivity contribution in [3.8, 4) is 0 Å². The van der Waals surface area contributed by atoms with Crippen LogP contribution in [0.1, 0.15) is 11.8 Å². The summed E-state index contributed by atoms with van der Waals surface area (Å²) in [6.07, 6.45) is -5.54. The third-order valence-corrected chi connectivity index (χ3v) is 9.12. The Bertz CT molecular complexity index is 1410. The molecule has 1 aliphatic heterocycles. The van der Waals surface area contributed by atoms with Crippen molar-refractivity contribution in [2.45, 2.75) is 37.5 Å². The number of phosphoric acid groups is 3. The predicted octanol–water partition coefficient (Wildman–Crippen LogP) is -0.131. The summed E-state index contributed by atoms with van der Waals surface area (Å²) in [7, 11) is -16.9. The summed E-state index contributed by atoms with van der Waals surface area (Å²) < 4.78 is 52.6. The highest BCUT2D eigenvalue weighted by Gasteiger charge is 2.46. The molecule has 6 atom stereocenters. The average molecular weight is 623 g/mol. The van der Waals surface area contributed by atoms with Gasteiger partial charge in [0.15, 0.2) is 6.23 Å². The summed E-state index contributed by atoms with van der Waals surface area (Å²) in [6.45, 7) is -1.12. The first-order valence-corrected chi connectivity index (χ1v) is 15.2. The number of halogens is 1. The zero-order valence-corrected chi connectivity index (χ0v) is 22.3. The second kappa shape index (κ2) is 11.9. The van der Waals surface area contributed by atoms with Gasteiger partial charge in [0.05, 0.1) is 6.61 Å². The van der Waals surface area contributed by atoms with Crippen LogP contribution in [0.4, 0.5) is 0 Å². The van der Waals surface area contributed by atoms with Crippen molar-refractivity contribution in [2.75, 3.05) is 6.61 Å². The van der Waals surface area contributed by atoms with Crippen LogP contribution in [0.2, 0.25) is 5.02 Å². The fourth-order valence-electron chi connectivity index (χ4n) is 3.39. The molecule has 0 saturated carbocycles. The molecule has 1 aromatic carbocycles. The van der Waals surface area contributed by atoms with Crippen LogP contribution >= 0.6 is 35.1 Å². The predicted molar refractivity (Wildman–Crippen MR) is 126 cm³/mol. The normalized spacial score (nSPS) is 25.1. The minimum atomic E-state index is -5.77. The average Bonchev–Trinajstić information content (AvgIpc) is 3.05. The maximum absolute atomic E-state index is 13.0. The monoisotopic (exact) mass is 622 g/mol. The van der Waals surface area contributed by atoms with Crippen LogP contribution in [0.15, 0.2) is 46.1 Å². The van der Waals surface area contributed by atoms with E-state index in [0.29, 0.717) is 5.02 Å². The first-order chi connectivity index (χ1) is 17.5. The van der Waals surface area contributed by atoms with Crippen molar-refractivity contribution >= 4 is 35.1 Å². The molecule has 21 heteroatoms. The number of hydrogen-bond donors (Lipinski definition) is 6. The fourth-order valence-corrected chi connectivity index (χ4v) is 6.55. The molecule has 1 aromatic heterocycles. The molecule has 1 fully saturated rings. The van der Waals surface area contributed by atoms with E-state index in [1.807, 2.05) is 0 Å². The Morgan fingerprint density at radius 1 is 0.921 bits per heavy atom. The third-order valence-electron chi connectivity index (χ3n) is 5.06. The number of aliphatic hydroxyl groups excluding tert-OH is 2. The number of benzene rings is 1. The van der Waals surface area contributed by atoms with E-state index in [9.17, 15) is 43.3 Å². The van der Waals surface area contributed by atoms with Gasteiger partial charge in [0, 0.05) is 23.8 Å². The number of phosphoric ester groups is 1. The van der Waals surface area contributed by atoms with E-state index in [4.69, 9.17) is 26.1 Å². The van der Waals surface area contributed by atoms with Crippen LogP contribution in [-0.4, -0.2) is 63.8 Å². The minimum absolute atomic E-state index is 0.0546. The Balaban J connectivity index is 1.71. The van der Waals surface area contributed by atoms with Gasteiger partial charge in [-0.15, -0.1) is 0 Å². The molecule has 2 heterocycles. The maximum atomic E-state index is 13.0. The van der Waals surface area contributed by atoms with Crippen LogP contribution < -0.4 is 11.2 Å². The van der Waals surface area contributed by atoms with Crippen LogP contribution in [0.5, 0.6) is 0 Å². The Morgan fingerprint density at radius 2 is 1.55 bits per heavy atom. The van der Waals surface area contributed by atoms with Crippen LogP contribution in [0.3, 0.4) is 0 Å². The molecular weight excluding hydrogens is 601 g/mol. The smallest absolute Gasteiger partial charge is 0.387 e. The standard InChI is InChI=1S/C17H22ClN2O15P3/c18-11-3-1-10(2-4-11)5-7-19-13(21)6-8-20(17(19)24)16-15(23)14(22)12(33-16)9-32-37(28,29)35-38(30,31)34-36(25,26)27/h1-4,6,8,12,14-16,22-23H,5,7,9H2,(H,28,29)(H,30,31)(H2,25,26,27)/t12-,14+,15+,16-/m1/s1. The SMILES string of the molecule is O=c1ccn([C@@H]2O[C@H](COP(=O)(O)OP(=O)(O)OP(=O)(O)O)[C@H](O)[C@@H]2O)c(=O)n1CCc1ccc(Cl)cc1. The van der Waals surface area contributed by atoms with Crippen LogP contribution in [0, 0.1) is 0 Å². The van der Waals surface area contributed by atoms with Gasteiger partial charge < -0.3 is 34.5 Å². The molecule has 38 heavy (non-hydrogen) atoms. The Hall–Kier alpha value is -1.52. The van der Waals surface area contributed by atoms with Gasteiger partial charge >= 0.3 is 29.2 Å². The summed E-state index contributed by atoms with van der Waals surface area (Å²) in [5.41, 5.74) is -0.788. The third kappa shape index (κ3) is 8.24. The summed E-state index contributed by atoms with van der Waals surface area (Å²) in [5.74, 6) is 0. The van der Waals surface area contributed by atoms with Gasteiger partial charge in [-0.3, -0.25) is 18.5 Å². The molecule has 0 spiro atoms. The van der Waals surface area contributed by atoms with E-state index in [2.05, 4.69) is 13.1 Å². The van der Waals surface area contributed by atoms with Gasteiger partial charge in [-0.2, -0.15) is 8.62 Å². The van der Waals surface area contributed by atoms with Gasteiger partial charge in [0.1, 0.15) is 18.3 Å². The fraction of sp³-hybridized carbons (Fsp3) is 0.412. The number of hydrogen-bond acceptors (Lipinski definition) is 11. The largest absolute Gasteiger partial charge is 0.490 e. The van der Waals surface area contributed by atoms with Crippen molar-refractivity contribution in [1.82, 2.24) is 9.13 Å². The number of rotatable bonds is 11. The first kappa shape index (κ1) is 31.0. The molecule has 212 valence electrons. The second-order valence-electron chi connectivity index (χ2n) is 7.80. The van der Waals surface area contributed by atoms with Gasteiger partial charge in [0.2, 0.25) is 0 Å². The summed E-state index contributed by atoms with van der Waals surface area (Å²) in [4.78, 5) is 61.1. The van der Waals surface area contributed by atoms with E-state index in [1.165, 1.54) is 0 Å². The number of aromatic nitrogens is 2. The van der Waals surface area contributed by atoms with Crippen molar-refractivity contribution in [2.24, 2.45) is 0 Å². The number of ether oxygens (including phenoxy) is 1. The zero-order valence-electron chi connectivity index (χ0n) is 18.9. The van der Waals surface area contributed by atoms with E-state index in [-0.39, 0.29) is 13.0 Å². The molecule has 2 unspecified atom stereocenters. The second-order valence-corrected chi connectivity index (χ2v) is 12.7. The molecule has 0 amide bonds. The van der Waals surface area contributed by atoms with E-state index in [1.54, 1.807) is 24.3 Å². The number of aliphatic hydroxyl groups is 2. The Morgan fingerprint density at radius 3 is 2.16 bits per heavy atom. The minimum Gasteiger partial charge on any atom is -0.387 e. The molecule has 1 aliphatic rings. The highest BCUT2D eigenvalue weighted by atomic mass is 35.5. The summed E-state index contributed by atoms with van der Waals surface area (Å²) >= 11 is 5.84. The molecule has 2 aromatic rings. The lowest BCUT2D eigenvalue weighted by Crippen LogP contribution is -2.43. The molecular formula is C17H22ClN2O15P3. The maximum Gasteiger partial charge on any atom is 0.490 e. The number of aryl methyl sites for hydroxylation is 1. The lowest BCUT2D eigenvalue weighted by Gasteiger charge is -2.19. The van der Waals surface area contributed by atoms with Gasteiger partial charge in [-0.05, 0) is 24.1 Å². The summed E-state index contributed by atoms with van der Waals surface area (Å²) in [6, 6.07) is 7.70. The van der Waals surface area contributed by atoms with Gasteiger partial charge in [-0.25, -0.2) is 18.5 Å². The molecule has 3 rings (SSSR count). The molecule has 0 radical (unpaired) electrons. The Labute approximate surface area is 217 Å². The van der Waals surface area contributed by atoms with Crippen molar-refractivity contribution < 1.29 is 61.4 Å². The van der Waals surface area contributed by atoms with Crippen molar-refractivity contribution in [1.29, 1.82) is 0 Å². The van der Waals surface area contributed by atoms with E-state index >= 15 is 0 Å². The van der Waals surface area contributed by atoms with Gasteiger partial charge in [-0.1, -0.05) is 23.7 Å². The summed E-state index contributed by atoms with van der Waals surface area (Å²) in [5, 5.41) is 21.2. The topological polar surface area (TPSA) is 254 Å². The van der Waals surface area contributed by atoms with Crippen molar-refractivity contribution in [3.63, 3.8) is 0 Å². The molecule has 6 N–H and O–H groups in total. The van der Waals surface area contributed by atoms with Crippen molar-refractivity contribution in [3.05, 3.63) is 68.0 Å². The highest BCUT2D eigenvalue weighted by molar-refractivity contribution is 7.66. The molecule has 0 aliphatic carbocycles. The van der Waals surface area contributed by atoms with Gasteiger partial charge in [0.25, 0.3) is 5.56 Å². The lowest BCUT2D eigenvalue weighted by atomic mass is 10.1. The van der Waals surface area contributed by atoms with Crippen LogP contribution in [0.25, 0.3) is 0 Å². The first-order valence-electron chi connectivity index (χ1n) is 10.3. The zero-order chi connectivity index (χ0) is 28.5. The number of nitrogens with zero attached hydrogens (tertiary/aromatic N) is 2. The quantitative estimate of drug-likeness (QED) is 0.178. The molecule has 0 bridgehead atoms. The lowest BCUT2D eigenvalue weighted by molar-refractivity contribution is -0.0548. The molecule has 1 saturated heterocycles. The molecule has 17 nitrogen and oxygen atoms in total. The van der Waals surface area contributed by atoms with Crippen LogP contribution in [-0.2, 0) is 44.5 Å². The van der Waals surface area contributed by atoms with E-state index < -0.39 is 65.9 Å². The van der Waals surface area contributed by atoms with E-state index in [0.717, 1.165) is 27.0 Å².